The lowest BCUT2D eigenvalue weighted by molar-refractivity contribution is 0.0947. The summed E-state index contributed by atoms with van der Waals surface area (Å²) in [6.07, 6.45) is 1.68. The second-order valence-corrected chi connectivity index (χ2v) is 3.10. The fourth-order valence-corrected chi connectivity index (χ4v) is 1.10. The largest absolute Gasteiger partial charge is 0.351 e. The minimum atomic E-state index is -0.649. The summed E-state index contributed by atoms with van der Waals surface area (Å²) >= 11 is 0. The Morgan fingerprint density at radius 3 is 2.93 bits per heavy atom. The summed E-state index contributed by atoms with van der Waals surface area (Å²) in [4.78, 5) is 14.9. The number of aromatic nitrogens is 1. The molecule has 0 bridgehead atoms. The van der Waals surface area contributed by atoms with Gasteiger partial charge in [0.05, 0.1) is 0 Å². The molecular formula is C10H14FN3O. The van der Waals surface area contributed by atoms with Gasteiger partial charge >= 0.3 is 0 Å². The predicted octanol–water partition coefficient (Wildman–Crippen LogP) is 0.689. The second-order valence-electron chi connectivity index (χ2n) is 3.10. The zero-order chi connectivity index (χ0) is 11.1. The summed E-state index contributed by atoms with van der Waals surface area (Å²) in [5.41, 5.74) is 5.40. The number of pyridine rings is 1. The number of rotatable bonds is 5. The number of unbranched alkanes of at least 4 members (excludes halogenated alkanes) is 1. The van der Waals surface area contributed by atoms with Crippen LogP contribution in [-0.2, 0) is 0 Å². The number of nitrogens with two attached hydrogens (primary N) is 1. The molecule has 5 heteroatoms. The Morgan fingerprint density at radius 1 is 1.47 bits per heavy atom. The van der Waals surface area contributed by atoms with E-state index in [0.717, 1.165) is 12.8 Å². The molecule has 0 radical (unpaired) electrons. The average molecular weight is 211 g/mol. The molecule has 0 saturated heterocycles. The summed E-state index contributed by atoms with van der Waals surface area (Å²) in [5.74, 6) is -1.00. The van der Waals surface area contributed by atoms with Crippen LogP contribution in [0.2, 0.25) is 0 Å². The molecule has 0 spiro atoms. The van der Waals surface area contributed by atoms with Crippen molar-refractivity contribution in [3.8, 4) is 0 Å². The number of carbonyl (C=O) groups excluding carboxylic acids is 1. The minimum Gasteiger partial charge on any atom is -0.351 e. The van der Waals surface area contributed by atoms with Gasteiger partial charge in [0.1, 0.15) is 5.69 Å². The number of amides is 1. The monoisotopic (exact) mass is 211 g/mol. The maximum absolute atomic E-state index is 12.7. The number of hydrogen-bond acceptors (Lipinski definition) is 3. The van der Waals surface area contributed by atoms with E-state index in [1.807, 2.05) is 0 Å². The van der Waals surface area contributed by atoms with Crippen LogP contribution in [0.1, 0.15) is 23.3 Å². The normalized spacial score (nSPS) is 10.0. The van der Waals surface area contributed by atoms with Crippen LogP contribution in [0, 0.1) is 5.95 Å². The van der Waals surface area contributed by atoms with Crippen LogP contribution in [-0.4, -0.2) is 24.0 Å². The third kappa shape index (κ3) is 4.03. The molecule has 1 aromatic heterocycles. The number of carbonyl (C=O) groups is 1. The van der Waals surface area contributed by atoms with Crippen molar-refractivity contribution in [1.29, 1.82) is 0 Å². The van der Waals surface area contributed by atoms with Gasteiger partial charge in [-0.05, 0) is 31.5 Å². The molecule has 1 aromatic rings. The molecule has 1 amide bonds. The van der Waals surface area contributed by atoms with Crippen molar-refractivity contribution >= 4 is 5.91 Å². The SMILES string of the molecule is NCCCCNC(=O)c1cccc(F)n1. The number of nitrogens with one attached hydrogen (secondary N) is 1. The molecule has 0 fully saturated rings. The third-order valence-electron chi connectivity index (χ3n) is 1.86. The van der Waals surface area contributed by atoms with Crippen molar-refractivity contribution in [3.05, 3.63) is 29.8 Å². The highest BCUT2D eigenvalue weighted by molar-refractivity contribution is 5.92. The Balaban J connectivity index is 2.40. The molecule has 0 unspecified atom stereocenters. The Hall–Kier alpha value is -1.49. The van der Waals surface area contributed by atoms with Gasteiger partial charge in [0, 0.05) is 6.54 Å². The maximum atomic E-state index is 12.7. The van der Waals surface area contributed by atoms with Crippen molar-refractivity contribution in [3.63, 3.8) is 0 Å². The smallest absolute Gasteiger partial charge is 0.269 e. The van der Waals surface area contributed by atoms with Gasteiger partial charge < -0.3 is 11.1 Å². The molecule has 0 saturated carbocycles. The van der Waals surface area contributed by atoms with Crippen LogP contribution in [0.25, 0.3) is 0 Å². The van der Waals surface area contributed by atoms with Crippen molar-refractivity contribution in [2.75, 3.05) is 13.1 Å². The van der Waals surface area contributed by atoms with Crippen LogP contribution in [0.15, 0.2) is 18.2 Å². The van der Waals surface area contributed by atoms with E-state index in [2.05, 4.69) is 10.3 Å². The highest BCUT2D eigenvalue weighted by atomic mass is 19.1. The number of nitrogens with zero attached hydrogens (tertiary/aromatic N) is 1. The van der Waals surface area contributed by atoms with Crippen LogP contribution >= 0.6 is 0 Å². The maximum Gasteiger partial charge on any atom is 0.269 e. The summed E-state index contributed by atoms with van der Waals surface area (Å²) in [5, 5.41) is 2.64. The van der Waals surface area contributed by atoms with E-state index in [1.54, 1.807) is 0 Å². The summed E-state index contributed by atoms with van der Waals surface area (Å²) in [6.45, 7) is 1.14. The van der Waals surface area contributed by atoms with E-state index < -0.39 is 5.95 Å². The molecule has 0 aliphatic heterocycles. The molecule has 0 aliphatic rings. The molecule has 0 aliphatic carbocycles. The molecule has 4 nitrogen and oxygen atoms in total. The molecule has 1 heterocycles. The summed E-state index contributed by atoms with van der Waals surface area (Å²) in [7, 11) is 0. The van der Waals surface area contributed by atoms with Crippen LogP contribution in [0.5, 0.6) is 0 Å². The third-order valence-corrected chi connectivity index (χ3v) is 1.86. The van der Waals surface area contributed by atoms with Gasteiger partial charge in [-0.15, -0.1) is 0 Å². The first kappa shape index (κ1) is 11.6. The predicted molar refractivity (Wildman–Crippen MR) is 54.8 cm³/mol. The van der Waals surface area contributed by atoms with Gasteiger partial charge in [-0.25, -0.2) is 4.98 Å². The van der Waals surface area contributed by atoms with Crippen molar-refractivity contribution in [2.45, 2.75) is 12.8 Å². The zero-order valence-corrected chi connectivity index (χ0v) is 8.37. The van der Waals surface area contributed by atoms with E-state index in [4.69, 9.17) is 5.73 Å². The number of halogens is 1. The number of hydrogen-bond donors (Lipinski definition) is 2. The topological polar surface area (TPSA) is 68.0 Å². The highest BCUT2D eigenvalue weighted by Gasteiger charge is 2.06. The first-order valence-electron chi connectivity index (χ1n) is 4.85. The van der Waals surface area contributed by atoms with Crippen molar-refractivity contribution in [1.82, 2.24) is 10.3 Å². The molecule has 1 rings (SSSR count). The summed E-state index contributed by atoms with van der Waals surface area (Å²) in [6, 6.07) is 4.13. The quantitative estimate of drug-likeness (QED) is 0.556. The molecular weight excluding hydrogens is 197 g/mol. The highest BCUT2D eigenvalue weighted by Crippen LogP contribution is 1.97. The zero-order valence-electron chi connectivity index (χ0n) is 8.37. The lowest BCUT2D eigenvalue weighted by atomic mass is 10.3. The molecule has 82 valence electrons. The standard InChI is InChI=1S/C10H14FN3O/c11-9-5-3-4-8(14-9)10(15)13-7-2-1-6-12/h3-5H,1-2,6-7,12H2,(H,13,15). The van der Waals surface area contributed by atoms with Gasteiger partial charge in [-0.1, -0.05) is 6.07 Å². The van der Waals surface area contributed by atoms with Crippen molar-refractivity contribution < 1.29 is 9.18 Å². The van der Waals surface area contributed by atoms with E-state index in [0.29, 0.717) is 13.1 Å². The van der Waals surface area contributed by atoms with Gasteiger partial charge in [0.15, 0.2) is 0 Å². The fraction of sp³-hybridized carbons (Fsp3) is 0.400. The van der Waals surface area contributed by atoms with Gasteiger partial charge in [-0.2, -0.15) is 4.39 Å². The van der Waals surface area contributed by atoms with Gasteiger partial charge in [0.2, 0.25) is 5.95 Å². The summed E-state index contributed by atoms with van der Waals surface area (Å²) < 4.78 is 12.7. The van der Waals surface area contributed by atoms with E-state index in [1.165, 1.54) is 18.2 Å². The average Bonchev–Trinajstić information content (AvgIpc) is 2.24. The van der Waals surface area contributed by atoms with Crippen LogP contribution in [0.3, 0.4) is 0 Å². The lowest BCUT2D eigenvalue weighted by Crippen LogP contribution is -2.25. The van der Waals surface area contributed by atoms with Crippen LogP contribution in [0.4, 0.5) is 4.39 Å². The molecule has 15 heavy (non-hydrogen) atoms. The lowest BCUT2D eigenvalue weighted by Gasteiger charge is -2.03. The fourth-order valence-electron chi connectivity index (χ4n) is 1.10. The van der Waals surface area contributed by atoms with Gasteiger partial charge in [0.25, 0.3) is 5.91 Å². The Morgan fingerprint density at radius 2 is 2.27 bits per heavy atom. The first-order valence-corrected chi connectivity index (χ1v) is 4.85. The first-order chi connectivity index (χ1) is 7.24. The Kier molecular flexibility index (Phi) is 4.70. The molecule has 3 N–H and O–H groups in total. The van der Waals surface area contributed by atoms with Crippen LogP contribution < -0.4 is 11.1 Å². The Bertz CT molecular complexity index is 330. The second kappa shape index (κ2) is 6.08. The minimum absolute atomic E-state index is 0.0998. The van der Waals surface area contributed by atoms with Gasteiger partial charge in [-0.3, -0.25) is 4.79 Å². The van der Waals surface area contributed by atoms with Crippen molar-refractivity contribution in [2.24, 2.45) is 5.73 Å². The van der Waals surface area contributed by atoms with E-state index >= 15 is 0 Å². The molecule has 0 atom stereocenters. The Labute approximate surface area is 87.7 Å². The van der Waals surface area contributed by atoms with E-state index in [-0.39, 0.29) is 11.6 Å². The van der Waals surface area contributed by atoms with E-state index in [9.17, 15) is 9.18 Å². The molecule has 0 aromatic carbocycles.